The van der Waals surface area contributed by atoms with Gasteiger partial charge in [-0.25, -0.2) is 4.98 Å². The van der Waals surface area contributed by atoms with E-state index in [1.54, 1.807) is 0 Å². The topological polar surface area (TPSA) is 24.9 Å². The van der Waals surface area contributed by atoms with Crippen LogP contribution in [0.25, 0.3) is 0 Å². The van der Waals surface area contributed by atoms with Gasteiger partial charge in [0.05, 0.1) is 5.69 Å². The Hall–Kier alpha value is -0.410. The lowest BCUT2D eigenvalue weighted by Gasteiger charge is -2.33. The summed E-state index contributed by atoms with van der Waals surface area (Å²) in [6.45, 7) is 5.60. The number of hydrogen-bond donors (Lipinski definition) is 1. The van der Waals surface area contributed by atoms with E-state index in [-0.39, 0.29) is 0 Å². The maximum absolute atomic E-state index is 4.45. The second-order valence-corrected chi connectivity index (χ2v) is 6.15. The highest BCUT2D eigenvalue weighted by Crippen LogP contribution is 2.28. The predicted octanol–water partition coefficient (Wildman–Crippen LogP) is 3.76. The van der Waals surface area contributed by atoms with Crippen molar-refractivity contribution in [1.82, 2.24) is 10.3 Å². The molecule has 0 bridgehead atoms. The molecular formula is C14H21BrN2. The molecule has 1 aliphatic carbocycles. The Balaban J connectivity index is 1.86. The zero-order chi connectivity index (χ0) is 12.3. The lowest BCUT2D eigenvalue weighted by atomic mass is 9.80. The Labute approximate surface area is 112 Å². The molecule has 1 aliphatic rings. The van der Waals surface area contributed by atoms with Crippen LogP contribution in [0.3, 0.4) is 0 Å². The number of rotatable bonds is 3. The summed E-state index contributed by atoms with van der Waals surface area (Å²) >= 11 is 3.41. The second kappa shape index (κ2) is 5.96. The third kappa shape index (κ3) is 3.78. The molecule has 1 aromatic rings. The highest BCUT2D eigenvalue weighted by atomic mass is 79.9. The van der Waals surface area contributed by atoms with E-state index >= 15 is 0 Å². The van der Waals surface area contributed by atoms with E-state index in [1.165, 1.54) is 19.3 Å². The molecule has 3 heteroatoms. The van der Waals surface area contributed by atoms with Crippen LogP contribution >= 0.6 is 15.9 Å². The van der Waals surface area contributed by atoms with Gasteiger partial charge in [0.2, 0.25) is 0 Å². The van der Waals surface area contributed by atoms with Crippen LogP contribution in [0.2, 0.25) is 0 Å². The van der Waals surface area contributed by atoms with Crippen LogP contribution in [0.15, 0.2) is 22.8 Å². The molecule has 0 radical (unpaired) electrons. The number of pyridine rings is 1. The van der Waals surface area contributed by atoms with Crippen molar-refractivity contribution in [3.8, 4) is 0 Å². The van der Waals surface area contributed by atoms with Gasteiger partial charge in [0.1, 0.15) is 4.60 Å². The van der Waals surface area contributed by atoms with Crippen molar-refractivity contribution in [2.45, 2.75) is 45.7 Å². The molecule has 0 saturated heterocycles. The van der Waals surface area contributed by atoms with Crippen LogP contribution in [0, 0.1) is 11.8 Å². The summed E-state index contributed by atoms with van der Waals surface area (Å²) in [6, 6.07) is 6.75. The van der Waals surface area contributed by atoms with Crippen molar-refractivity contribution in [3.63, 3.8) is 0 Å². The van der Waals surface area contributed by atoms with Crippen LogP contribution in [0.5, 0.6) is 0 Å². The molecule has 0 spiro atoms. The summed E-state index contributed by atoms with van der Waals surface area (Å²) in [5, 5.41) is 3.65. The molecule has 1 aromatic heterocycles. The first-order valence-electron chi connectivity index (χ1n) is 6.50. The van der Waals surface area contributed by atoms with Gasteiger partial charge in [-0.15, -0.1) is 0 Å². The summed E-state index contributed by atoms with van der Waals surface area (Å²) < 4.78 is 0.919. The number of halogens is 1. The smallest absolute Gasteiger partial charge is 0.106 e. The van der Waals surface area contributed by atoms with Gasteiger partial charge in [-0.1, -0.05) is 19.9 Å². The quantitative estimate of drug-likeness (QED) is 0.859. The van der Waals surface area contributed by atoms with Crippen LogP contribution in [0.4, 0.5) is 0 Å². The lowest BCUT2D eigenvalue weighted by molar-refractivity contribution is 0.226. The number of hydrogen-bond acceptors (Lipinski definition) is 2. The second-order valence-electron chi connectivity index (χ2n) is 5.33. The van der Waals surface area contributed by atoms with Crippen molar-refractivity contribution >= 4 is 15.9 Å². The van der Waals surface area contributed by atoms with Crippen molar-refractivity contribution in [1.29, 1.82) is 0 Å². The predicted molar refractivity (Wildman–Crippen MR) is 74.7 cm³/mol. The van der Waals surface area contributed by atoms with Gasteiger partial charge in [0.15, 0.2) is 0 Å². The fraction of sp³-hybridized carbons (Fsp3) is 0.643. The fourth-order valence-corrected chi connectivity index (χ4v) is 3.13. The van der Waals surface area contributed by atoms with E-state index in [9.17, 15) is 0 Å². The molecule has 0 aliphatic heterocycles. The van der Waals surface area contributed by atoms with Gasteiger partial charge >= 0.3 is 0 Å². The molecule has 17 heavy (non-hydrogen) atoms. The molecule has 1 heterocycles. The average Bonchev–Trinajstić information content (AvgIpc) is 2.28. The standard InChI is InChI=1S/C14H21BrN2/c1-10-6-7-13(11(2)8-10)16-9-12-4-3-5-14(15)17-12/h3-5,10-11,13,16H,6-9H2,1-2H3. The maximum Gasteiger partial charge on any atom is 0.106 e. The van der Waals surface area contributed by atoms with Crippen molar-refractivity contribution in [2.24, 2.45) is 11.8 Å². The molecule has 0 aromatic carbocycles. The summed E-state index contributed by atoms with van der Waals surface area (Å²) in [4.78, 5) is 4.45. The van der Waals surface area contributed by atoms with Gasteiger partial charge < -0.3 is 5.32 Å². The van der Waals surface area contributed by atoms with Gasteiger partial charge in [-0.05, 0) is 59.2 Å². The van der Waals surface area contributed by atoms with Crippen molar-refractivity contribution in [2.75, 3.05) is 0 Å². The minimum Gasteiger partial charge on any atom is -0.308 e. The van der Waals surface area contributed by atoms with Gasteiger partial charge in [-0.2, -0.15) is 0 Å². The van der Waals surface area contributed by atoms with Crippen LogP contribution < -0.4 is 5.32 Å². The van der Waals surface area contributed by atoms with Crippen molar-refractivity contribution < 1.29 is 0 Å². The molecular weight excluding hydrogens is 276 g/mol. The fourth-order valence-electron chi connectivity index (χ4n) is 2.75. The summed E-state index contributed by atoms with van der Waals surface area (Å²) in [5.41, 5.74) is 1.12. The molecule has 1 N–H and O–H groups in total. The Morgan fingerprint density at radius 3 is 2.88 bits per heavy atom. The molecule has 2 rings (SSSR count). The summed E-state index contributed by atoms with van der Waals surface area (Å²) in [7, 11) is 0. The number of aromatic nitrogens is 1. The van der Waals surface area contributed by atoms with E-state index in [4.69, 9.17) is 0 Å². The Morgan fingerprint density at radius 1 is 1.35 bits per heavy atom. The Bertz CT molecular complexity index is 367. The van der Waals surface area contributed by atoms with Crippen LogP contribution in [-0.2, 0) is 6.54 Å². The Kier molecular flexibility index (Phi) is 4.57. The first kappa shape index (κ1) is 13.0. The molecule has 1 saturated carbocycles. The normalized spacial score (nSPS) is 29.2. The van der Waals surface area contributed by atoms with E-state index in [0.29, 0.717) is 6.04 Å². The maximum atomic E-state index is 4.45. The molecule has 2 nitrogen and oxygen atoms in total. The first-order chi connectivity index (χ1) is 8.15. The van der Waals surface area contributed by atoms with Crippen LogP contribution in [0.1, 0.15) is 38.8 Å². The SMILES string of the molecule is CC1CCC(NCc2cccc(Br)n2)C(C)C1. The number of nitrogens with one attached hydrogen (secondary N) is 1. The molecule has 1 fully saturated rings. The minimum atomic E-state index is 0.659. The zero-order valence-corrected chi connectivity index (χ0v) is 12.2. The summed E-state index contributed by atoms with van der Waals surface area (Å²) in [6.07, 6.45) is 4.01. The van der Waals surface area contributed by atoms with E-state index in [2.05, 4.69) is 46.1 Å². The third-order valence-electron chi connectivity index (χ3n) is 3.75. The Morgan fingerprint density at radius 2 is 2.18 bits per heavy atom. The molecule has 3 unspecified atom stereocenters. The van der Waals surface area contributed by atoms with E-state index in [0.717, 1.165) is 28.7 Å². The van der Waals surface area contributed by atoms with Gasteiger partial charge in [0, 0.05) is 12.6 Å². The average molecular weight is 297 g/mol. The minimum absolute atomic E-state index is 0.659. The van der Waals surface area contributed by atoms with Gasteiger partial charge in [0.25, 0.3) is 0 Å². The molecule has 3 atom stereocenters. The monoisotopic (exact) mass is 296 g/mol. The van der Waals surface area contributed by atoms with E-state index < -0.39 is 0 Å². The number of nitrogens with zero attached hydrogens (tertiary/aromatic N) is 1. The first-order valence-corrected chi connectivity index (χ1v) is 7.29. The molecule has 94 valence electrons. The molecule has 0 amide bonds. The zero-order valence-electron chi connectivity index (χ0n) is 10.6. The largest absolute Gasteiger partial charge is 0.308 e. The van der Waals surface area contributed by atoms with Crippen LogP contribution in [-0.4, -0.2) is 11.0 Å². The lowest BCUT2D eigenvalue weighted by Crippen LogP contribution is -2.38. The highest BCUT2D eigenvalue weighted by molar-refractivity contribution is 9.10. The van der Waals surface area contributed by atoms with E-state index in [1.807, 2.05) is 12.1 Å². The third-order valence-corrected chi connectivity index (χ3v) is 4.19. The highest BCUT2D eigenvalue weighted by Gasteiger charge is 2.24. The van der Waals surface area contributed by atoms with Gasteiger partial charge in [-0.3, -0.25) is 0 Å². The van der Waals surface area contributed by atoms with Crippen molar-refractivity contribution in [3.05, 3.63) is 28.5 Å². The summed E-state index contributed by atoms with van der Waals surface area (Å²) in [5.74, 6) is 1.68.